The molecule has 0 bridgehead atoms. The highest BCUT2D eigenvalue weighted by Crippen LogP contribution is 2.33. The minimum absolute atomic E-state index is 0.0573. The van der Waals surface area contributed by atoms with E-state index in [1.807, 2.05) is 4.90 Å². The molecule has 1 saturated heterocycles. The number of hydrogen-bond donors (Lipinski definition) is 0. The van der Waals surface area contributed by atoms with Gasteiger partial charge in [0.25, 0.3) is 5.91 Å². The van der Waals surface area contributed by atoms with Crippen LogP contribution in [0, 0.1) is 0 Å². The third-order valence-electron chi connectivity index (χ3n) is 4.12. The second kappa shape index (κ2) is 5.54. The zero-order valence-electron chi connectivity index (χ0n) is 11.0. The van der Waals surface area contributed by atoms with Crippen molar-refractivity contribution in [3.8, 4) is 0 Å². The van der Waals surface area contributed by atoms with Crippen LogP contribution in [0.15, 0.2) is 6.20 Å². The number of carbonyl (C=O) groups is 1. The van der Waals surface area contributed by atoms with Crippen molar-refractivity contribution in [2.24, 2.45) is 0 Å². The molecule has 104 valence electrons. The van der Waals surface area contributed by atoms with E-state index in [0.717, 1.165) is 19.4 Å². The SMILES string of the molecule is O=C(c1cnns1)N1CCOC2(CCCCCC2)C1. The number of aromatic nitrogens is 2. The Labute approximate surface area is 117 Å². The van der Waals surface area contributed by atoms with Crippen LogP contribution in [0.4, 0.5) is 0 Å². The number of nitrogens with zero attached hydrogens (tertiary/aromatic N) is 3. The van der Waals surface area contributed by atoms with Crippen LogP contribution < -0.4 is 0 Å². The quantitative estimate of drug-likeness (QED) is 0.791. The summed E-state index contributed by atoms with van der Waals surface area (Å²) in [6, 6.07) is 0. The molecule has 0 N–H and O–H groups in total. The van der Waals surface area contributed by atoms with E-state index in [-0.39, 0.29) is 11.5 Å². The highest BCUT2D eigenvalue weighted by molar-refractivity contribution is 7.07. The first-order chi connectivity index (χ1) is 9.29. The van der Waals surface area contributed by atoms with Crippen LogP contribution >= 0.6 is 11.5 Å². The highest BCUT2D eigenvalue weighted by atomic mass is 32.1. The topological polar surface area (TPSA) is 55.3 Å². The predicted molar refractivity (Wildman–Crippen MR) is 72.2 cm³/mol. The van der Waals surface area contributed by atoms with E-state index >= 15 is 0 Å². The maximum absolute atomic E-state index is 12.4. The van der Waals surface area contributed by atoms with E-state index in [0.29, 0.717) is 18.0 Å². The number of morpholine rings is 1. The predicted octanol–water partition coefficient (Wildman–Crippen LogP) is 2.10. The minimum atomic E-state index is -0.0947. The smallest absolute Gasteiger partial charge is 0.267 e. The summed E-state index contributed by atoms with van der Waals surface area (Å²) in [6.07, 6.45) is 8.72. The van der Waals surface area contributed by atoms with Gasteiger partial charge < -0.3 is 9.64 Å². The van der Waals surface area contributed by atoms with Crippen molar-refractivity contribution in [3.05, 3.63) is 11.1 Å². The monoisotopic (exact) mass is 281 g/mol. The summed E-state index contributed by atoms with van der Waals surface area (Å²) in [6.45, 7) is 2.06. The Balaban J connectivity index is 1.72. The fourth-order valence-electron chi connectivity index (χ4n) is 3.11. The average Bonchev–Trinajstić information content (AvgIpc) is 2.88. The second-order valence-corrected chi connectivity index (χ2v) is 6.24. The van der Waals surface area contributed by atoms with Gasteiger partial charge in [-0.15, -0.1) is 5.10 Å². The molecular formula is C13H19N3O2S. The number of amides is 1. The van der Waals surface area contributed by atoms with Gasteiger partial charge in [-0.2, -0.15) is 0 Å². The van der Waals surface area contributed by atoms with Crippen molar-refractivity contribution in [1.82, 2.24) is 14.5 Å². The van der Waals surface area contributed by atoms with E-state index in [9.17, 15) is 4.79 Å². The van der Waals surface area contributed by atoms with Crippen molar-refractivity contribution in [2.75, 3.05) is 19.7 Å². The Morgan fingerprint density at radius 1 is 1.32 bits per heavy atom. The molecule has 2 aliphatic rings. The Morgan fingerprint density at radius 3 is 2.79 bits per heavy atom. The van der Waals surface area contributed by atoms with Crippen LogP contribution in [-0.4, -0.2) is 45.7 Å². The van der Waals surface area contributed by atoms with Crippen LogP contribution in [0.2, 0.25) is 0 Å². The van der Waals surface area contributed by atoms with Gasteiger partial charge in [-0.05, 0) is 24.4 Å². The molecule has 1 aliphatic heterocycles. The molecule has 3 rings (SSSR count). The van der Waals surface area contributed by atoms with Crippen molar-refractivity contribution in [2.45, 2.75) is 44.1 Å². The molecule has 0 unspecified atom stereocenters. The Morgan fingerprint density at radius 2 is 2.11 bits per heavy atom. The Bertz CT molecular complexity index is 427. The van der Waals surface area contributed by atoms with Crippen LogP contribution in [0.3, 0.4) is 0 Å². The van der Waals surface area contributed by atoms with Crippen LogP contribution in [-0.2, 0) is 4.74 Å². The Kier molecular flexibility index (Phi) is 3.79. The summed E-state index contributed by atoms with van der Waals surface area (Å²) < 4.78 is 9.83. The lowest BCUT2D eigenvalue weighted by Crippen LogP contribution is -2.53. The maximum atomic E-state index is 12.4. The van der Waals surface area contributed by atoms with E-state index in [1.54, 1.807) is 6.20 Å². The van der Waals surface area contributed by atoms with Gasteiger partial charge in [0.15, 0.2) is 0 Å². The second-order valence-electron chi connectivity index (χ2n) is 5.45. The largest absolute Gasteiger partial charge is 0.371 e. The molecule has 2 heterocycles. The molecule has 1 spiro atoms. The van der Waals surface area contributed by atoms with Gasteiger partial charge >= 0.3 is 0 Å². The molecule has 2 fully saturated rings. The van der Waals surface area contributed by atoms with Gasteiger partial charge in [0.05, 0.1) is 24.9 Å². The van der Waals surface area contributed by atoms with Crippen molar-refractivity contribution in [3.63, 3.8) is 0 Å². The standard InChI is InChI=1S/C13H19N3O2S/c17-12(11-9-14-15-19-11)16-7-8-18-13(10-16)5-3-1-2-4-6-13/h9H,1-8,10H2. The molecule has 5 nitrogen and oxygen atoms in total. The van der Waals surface area contributed by atoms with Gasteiger partial charge in [-0.3, -0.25) is 4.79 Å². The number of ether oxygens (including phenoxy) is 1. The third-order valence-corrected chi connectivity index (χ3v) is 4.78. The van der Waals surface area contributed by atoms with E-state index in [4.69, 9.17) is 4.74 Å². The highest BCUT2D eigenvalue weighted by Gasteiger charge is 2.38. The lowest BCUT2D eigenvalue weighted by molar-refractivity contribution is -0.107. The lowest BCUT2D eigenvalue weighted by atomic mass is 9.92. The zero-order valence-corrected chi connectivity index (χ0v) is 11.8. The fourth-order valence-corrected chi connectivity index (χ4v) is 3.59. The molecule has 1 saturated carbocycles. The zero-order chi connectivity index (χ0) is 13.1. The van der Waals surface area contributed by atoms with Crippen LogP contribution in [0.5, 0.6) is 0 Å². The first kappa shape index (κ1) is 13.0. The first-order valence-corrected chi connectivity index (χ1v) is 7.77. The summed E-state index contributed by atoms with van der Waals surface area (Å²) in [7, 11) is 0. The molecule has 1 aromatic rings. The van der Waals surface area contributed by atoms with Gasteiger partial charge in [0.2, 0.25) is 0 Å². The van der Waals surface area contributed by atoms with Crippen molar-refractivity contribution < 1.29 is 9.53 Å². The van der Waals surface area contributed by atoms with Crippen molar-refractivity contribution in [1.29, 1.82) is 0 Å². The summed E-state index contributed by atoms with van der Waals surface area (Å²) in [5.41, 5.74) is -0.0947. The number of carbonyl (C=O) groups excluding carboxylic acids is 1. The van der Waals surface area contributed by atoms with Gasteiger partial charge in [0.1, 0.15) is 4.88 Å². The van der Waals surface area contributed by atoms with Gasteiger partial charge in [-0.25, -0.2) is 0 Å². The average molecular weight is 281 g/mol. The molecule has 1 aliphatic carbocycles. The summed E-state index contributed by atoms with van der Waals surface area (Å²) in [5, 5.41) is 3.75. The molecule has 19 heavy (non-hydrogen) atoms. The van der Waals surface area contributed by atoms with E-state index in [1.165, 1.54) is 37.2 Å². The number of rotatable bonds is 1. The molecular weight excluding hydrogens is 262 g/mol. The lowest BCUT2D eigenvalue weighted by Gasteiger charge is -2.42. The molecule has 1 aromatic heterocycles. The minimum Gasteiger partial charge on any atom is -0.371 e. The summed E-state index contributed by atoms with van der Waals surface area (Å²) >= 11 is 1.17. The van der Waals surface area contributed by atoms with Crippen LogP contribution in [0.1, 0.15) is 48.2 Å². The molecule has 6 heteroatoms. The van der Waals surface area contributed by atoms with Crippen molar-refractivity contribution >= 4 is 17.4 Å². The molecule has 0 radical (unpaired) electrons. The van der Waals surface area contributed by atoms with Crippen LogP contribution in [0.25, 0.3) is 0 Å². The summed E-state index contributed by atoms with van der Waals surface area (Å²) in [4.78, 5) is 14.9. The van der Waals surface area contributed by atoms with Gasteiger partial charge in [-0.1, -0.05) is 30.2 Å². The van der Waals surface area contributed by atoms with E-state index in [2.05, 4.69) is 9.59 Å². The molecule has 1 amide bonds. The number of hydrogen-bond acceptors (Lipinski definition) is 5. The third kappa shape index (κ3) is 2.79. The maximum Gasteiger partial charge on any atom is 0.267 e. The van der Waals surface area contributed by atoms with Gasteiger partial charge in [0, 0.05) is 6.54 Å². The normalized spacial score (nSPS) is 23.3. The first-order valence-electron chi connectivity index (χ1n) is 7.00. The summed E-state index contributed by atoms with van der Waals surface area (Å²) in [5.74, 6) is 0.0573. The van der Waals surface area contributed by atoms with E-state index < -0.39 is 0 Å². The molecule has 0 atom stereocenters. The molecule has 0 aromatic carbocycles. The fraction of sp³-hybridized carbons (Fsp3) is 0.769. The Hall–Kier alpha value is -1.01.